The number of nitrogens with zero attached hydrogens (tertiary/aromatic N) is 4. The van der Waals surface area contributed by atoms with Crippen molar-refractivity contribution in [2.45, 2.75) is 19.1 Å². The first kappa shape index (κ1) is 12.6. The van der Waals surface area contributed by atoms with E-state index in [9.17, 15) is 0 Å². The van der Waals surface area contributed by atoms with E-state index in [0.717, 1.165) is 32.1 Å². The second-order valence-corrected chi connectivity index (χ2v) is 5.01. The highest BCUT2D eigenvalue weighted by atomic mass is 16.5. The third kappa shape index (κ3) is 2.50. The third-order valence-corrected chi connectivity index (χ3v) is 3.82. The van der Waals surface area contributed by atoms with E-state index >= 15 is 0 Å². The van der Waals surface area contributed by atoms with Crippen molar-refractivity contribution in [3.05, 3.63) is 12.4 Å². The summed E-state index contributed by atoms with van der Waals surface area (Å²) in [6, 6.07) is 2.36. The van der Waals surface area contributed by atoms with Crippen LogP contribution >= 0.6 is 0 Å². The van der Waals surface area contributed by atoms with E-state index in [1.807, 2.05) is 13.0 Å². The number of hydrogen-bond donors (Lipinski definition) is 0. The molecule has 1 aromatic rings. The zero-order valence-corrected chi connectivity index (χ0v) is 11.5. The monoisotopic (exact) mass is 264 g/mol. The van der Waals surface area contributed by atoms with Crippen LogP contribution in [0.25, 0.3) is 0 Å². The highest BCUT2D eigenvalue weighted by molar-refractivity contribution is 5.43. The van der Waals surface area contributed by atoms with Gasteiger partial charge in [0.15, 0.2) is 0 Å². The molecule has 0 bridgehead atoms. The Balaban J connectivity index is 1.74. The van der Waals surface area contributed by atoms with Crippen LogP contribution in [-0.4, -0.2) is 66.9 Å². The lowest BCUT2D eigenvalue weighted by molar-refractivity contribution is -0.0362. The molecule has 19 heavy (non-hydrogen) atoms. The van der Waals surface area contributed by atoms with Gasteiger partial charge in [-0.25, -0.2) is 9.97 Å². The molecule has 0 amide bonds. The van der Waals surface area contributed by atoms with Gasteiger partial charge in [-0.15, -0.1) is 0 Å². The fraction of sp³-hybridized carbons (Fsp3) is 0.692. The highest BCUT2D eigenvalue weighted by Gasteiger charge is 2.39. The minimum Gasteiger partial charge on any atom is -0.478 e. The van der Waals surface area contributed by atoms with Crippen LogP contribution in [0.1, 0.15) is 6.92 Å². The van der Waals surface area contributed by atoms with E-state index < -0.39 is 0 Å². The summed E-state index contributed by atoms with van der Waals surface area (Å²) in [6.07, 6.45) is 1.84. The minimum atomic E-state index is 0.282. The van der Waals surface area contributed by atoms with Crippen molar-refractivity contribution in [2.24, 2.45) is 0 Å². The molecule has 0 radical (unpaired) electrons. The van der Waals surface area contributed by atoms with Crippen LogP contribution in [0.5, 0.6) is 5.88 Å². The Bertz CT molecular complexity index is 442. The summed E-state index contributed by atoms with van der Waals surface area (Å²) < 4.78 is 11.3. The first-order valence-electron chi connectivity index (χ1n) is 6.79. The van der Waals surface area contributed by atoms with Crippen molar-refractivity contribution in [1.29, 1.82) is 0 Å². The van der Waals surface area contributed by atoms with Gasteiger partial charge in [0.1, 0.15) is 12.1 Å². The number of likely N-dealkylation sites (N-methyl/N-ethyl adjacent to an activating group) is 1. The number of fused-ring (bicyclic) bond motifs is 1. The summed E-state index contributed by atoms with van der Waals surface area (Å²) in [5.74, 6) is 1.56. The molecule has 3 heterocycles. The van der Waals surface area contributed by atoms with Crippen LogP contribution in [0.2, 0.25) is 0 Å². The fourth-order valence-corrected chi connectivity index (χ4v) is 2.77. The van der Waals surface area contributed by atoms with Crippen molar-refractivity contribution in [1.82, 2.24) is 14.9 Å². The Morgan fingerprint density at radius 2 is 2.32 bits per heavy atom. The Hall–Kier alpha value is -1.40. The summed E-state index contributed by atoms with van der Waals surface area (Å²) in [6.45, 7) is 6.23. The molecule has 0 spiro atoms. The largest absolute Gasteiger partial charge is 0.478 e. The van der Waals surface area contributed by atoms with Gasteiger partial charge in [-0.2, -0.15) is 0 Å². The van der Waals surface area contributed by atoms with Crippen LogP contribution in [0.4, 0.5) is 5.82 Å². The molecule has 0 aliphatic carbocycles. The van der Waals surface area contributed by atoms with Crippen molar-refractivity contribution in [3.63, 3.8) is 0 Å². The van der Waals surface area contributed by atoms with Gasteiger partial charge in [0.25, 0.3) is 0 Å². The van der Waals surface area contributed by atoms with E-state index in [4.69, 9.17) is 9.47 Å². The zero-order valence-electron chi connectivity index (χ0n) is 11.5. The predicted molar refractivity (Wildman–Crippen MR) is 71.6 cm³/mol. The van der Waals surface area contributed by atoms with Crippen LogP contribution in [-0.2, 0) is 4.74 Å². The molecule has 104 valence electrons. The summed E-state index contributed by atoms with van der Waals surface area (Å²) in [5, 5.41) is 0. The molecular weight excluding hydrogens is 244 g/mol. The fourth-order valence-electron chi connectivity index (χ4n) is 2.77. The average molecular weight is 264 g/mol. The number of hydrogen-bond acceptors (Lipinski definition) is 6. The van der Waals surface area contributed by atoms with Crippen molar-refractivity contribution in [3.8, 4) is 5.88 Å². The number of rotatable bonds is 3. The molecule has 3 rings (SSSR count). The minimum absolute atomic E-state index is 0.282. The van der Waals surface area contributed by atoms with Crippen molar-refractivity contribution < 1.29 is 9.47 Å². The molecule has 1 aromatic heterocycles. The number of aromatic nitrogens is 2. The number of morpholine rings is 1. The average Bonchev–Trinajstić information content (AvgIpc) is 2.85. The molecule has 2 atom stereocenters. The molecule has 6 heteroatoms. The second-order valence-electron chi connectivity index (χ2n) is 5.01. The number of ether oxygens (including phenoxy) is 2. The molecule has 2 fully saturated rings. The van der Waals surface area contributed by atoms with Crippen LogP contribution in [0.3, 0.4) is 0 Å². The van der Waals surface area contributed by atoms with Gasteiger partial charge in [-0.1, -0.05) is 0 Å². The molecule has 2 unspecified atom stereocenters. The van der Waals surface area contributed by atoms with E-state index in [1.165, 1.54) is 0 Å². The van der Waals surface area contributed by atoms with E-state index in [1.54, 1.807) is 6.33 Å². The third-order valence-electron chi connectivity index (χ3n) is 3.82. The first-order chi connectivity index (χ1) is 9.28. The Morgan fingerprint density at radius 1 is 1.42 bits per heavy atom. The van der Waals surface area contributed by atoms with Gasteiger partial charge in [0, 0.05) is 25.7 Å². The maximum absolute atomic E-state index is 5.84. The zero-order chi connectivity index (χ0) is 13.2. The summed E-state index contributed by atoms with van der Waals surface area (Å²) in [7, 11) is 2.16. The van der Waals surface area contributed by atoms with E-state index in [-0.39, 0.29) is 6.10 Å². The van der Waals surface area contributed by atoms with E-state index in [2.05, 4.69) is 26.8 Å². The second kappa shape index (κ2) is 5.30. The summed E-state index contributed by atoms with van der Waals surface area (Å²) in [5.41, 5.74) is 0. The molecule has 0 N–H and O–H groups in total. The Labute approximate surface area is 113 Å². The van der Waals surface area contributed by atoms with Gasteiger partial charge in [0.05, 0.1) is 25.4 Å². The lowest BCUT2D eigenvalue weighted by Crippen LogP contribution is -2.48. The van der Waals surface area contributed by atoms with Crippen LogP contribution < -0.4 is 9.64 Å². The smallest absolute Gasteiger partial charge is 0.218 e. The molecule has 2 saturated heterocycles. The highest BCUT2D eigenvalue weighted by Crippen LogP contribution is 2.26. The molecule has 2 aliphatic rings. The standard InChI is InChI=1S/C13H20N4O2/c1-3-18-13-6-12(14-9-15-13)17-7-10-11(8-17)19-5-4-16(10)2/h6,9-11H,3-5,7-8H2,1-2H3. The lowest BCUT2D eigenvalue weighted by atomic mass is 10.1. The SMILES string of the molecule is CCOc1cc(N2CC3OCCN(C)C3C2)ncn1. The molecule has 0 aromatic carbocycles. The molecule has 2 aliphatic heterocycles. The van der Waals surface area contributed by atoms with Gasteiger partial charge in [-0.05, 0) is 14.0 Å². The molecule has 6 nitrogen and oxygen atoms in total. The number of anilines is 1. The van der Waals surface area contributed by atoms with Crippen LogP contribution in [0, 0.1) is 0 Å². The van der Waals surface area contributed by atoms with Gasteiger partial charge in [0.2, 0.25) is 5.88 Å². The summed E-state index contributed by atoms with van der Waals surface area (Å²) in [4.78, 5) is 13.1. The summed E-state index contributed by atoms with van der Waals surface area (Å²) >= 11 is 0. The predicted octanol–water partition coefficient (Wildman–Crippen LogP) is 0.394. The maximum atomic E-state index is 5.84. The lowest BCUT2D eigenvalue weighted by Gasteiger charge is -2.33. The van der Waals surface area contributed by atoms with Gasteiger partial charge >= 0.3 is 0 Å². The van der Waals surface area contributed by atoms with E-state index in [0.29, 0.717) is 18.5 Å². The Kier molecular flexibility index (Phi) is 3.52. The first-order valence-corrected chi connectivity index (χ1v) is 6.79. The normalized spacial score (nSPS) is 27.4. The van der Waals surface area contributed by atoms with Crippen molar-refractivity contribution in [2.75, 3.05) is 44.8 Å². The van der Waals surface area contributed by atoms with Gasteiger partial charge < -0.3 is 14.4 Å². The Morgan fingerprint density at radius 3 is 3.11 bits per heavy atom. The molecule has 0 saturated carbocycles. The molecular formula is C13H20N4O2. The van der Waals surface area contributed by atoms with Gasteiger partial charge in [-0.3, -0.25) is 4.90 Å². The van der Waals surface area contributed by atoms with Crippen molar-refractivity contribution >= 4 is 5.82 Å². The van der Waals surface area contributed by atoms with Crippen LogP contribution in [0.15, 0.2) is 12.4 Å². The quantitative estimate of drug-likeness (QED) is 0.787. The topological polar surface area (TPSA) is 50.7 Å². The maximum Gasteiger partial charge on any atom is 0.218 e.